The Morgan fingerprint density at radius 3 is 2.96 bits per heavy atom. The van der Waals surface area contributed by atoms with Crippen molar-refractivity contribution in [2.45, 2.75) is 77.4 Å². The van der Waals surface area contributed by atoms with E-state index in [1.807, 2.05) is 0 Å². The summed E-state index contributed by atoms with van der Waals surface area (Å²) in [5.41, 5.74) is 3.44. The Hall–Kier alpha value is -0.870. The van der Waals surface area contributed by atoms with Crippen LogP contribution < -0.4 is 0 Å². The fourth-order valence-electron chi connectivity index (χ4n) is 6.08. The zero-order chi connectivity index (χ0) is 17.6. The third-order valence-electron chi connectivity index (χ3n) is 7.57. The standard InChI is InChI=1S/C21H33NO3/c1-14-6-5-8-21(2)11-19-16(10-18(14)21)17(20(24)25-19)12-22-9-4-3-7-15(22)13-23/h15-17,19,23H,3-13H2,1-2H3. The van der Waals surface area contributed by atoms with E-state index in [2.05, 4.69) is 18.7 Å². The Bertz CT molecular complexity index is 571. The van der Waals surface area contributed by atoms with Gasteiger partial charge in [-0.1, -0.05) is 24.5 Å². The highest BCUT2D eigenvalue weighted by Crippen LogP contribution is 2.55. The van der Waals surface area contributed by atoms with Gasteiger partial charge in [0, 0.05) is 18.5 Å². The van der Waals surface area contributed by atoms with Gasteiger partial charge in [0.15, 0.2) is 0 Å². The highest BCUT2D eigenvalue weighted by atomic mass is 16.6. The highest BCUT2D eigenvalue weighted by Gasteiger charge is 2.53. The molecular formula is C21H33NO3. The lowest BCUT2D eigenvalue weighted by Crippen LogP contribution is -2.47. The van der Waals surface area contributed by atoms with Crippen molar-refractivity contribution in [2.24, 2.45) is 17.3 Å². The number of hydrogen-bond donors (Lipinski definition) is 1. The molecule has 140 valence electrons. The number of ether oxygens (including phenoxy) is 1. The predicted molar refractivity (Wildman–Crippen MR) is 97.0 cm³/mol. The summed E-state index contributed by atoms with van der Waals surface area (Å²) in [5, 5.41) is 9.69. The fraction of sp³-hybridized carbons (Fsp3) is 0.857. The quantitative estimate of drug-likeness (QED) is 0.629. The first-order valence-electron chi connectivity index (χ1n) is 10.3. The minimum Gasteiger partial charge on any atom is -0.462 e. The number of rotatable bonds is 3. The molecular weight excluding hydrogens is 314 g/mol. The molecule has 0 bridgehead atoms. The normalized spacial score (nSPS) is 42.1. The Labute approximate surface area is 151 Å². The molecule has 0 aromatic heterocycles. The van der Waals surface area contributed by atoms with E-state index < -0.39 is 0 Å². The molecule has 25 heavy (non-hydrogen) atoms. The SMILES string of the molecule is CC1=C2CC3C(CC2(C)CCC1)OC(=O)C3CN1CCCCC1CO. The lowest BCUT2D eigenvalue weighted by molar-refractivity contribution is -0.145. The molecule has 4 rings (SSSR count). The van der Waals surface area contributed by atoms with E-state index in [0.29, 0.717) is 5.92 Å². The van der Waals surface area contributed by atoms with Crippen molar-refractivity contribution in [3.8, 4) is 0 Å². The molecule has 2 saturated heterocycles. The Balaban J connectivity index is 1.54. The van der Waals surface area contributed by atoms with Crippen molar-refractivity contribution < 1.29 is 14.6 Å². The smallest absolute Gasteiger partial charge is 0.310 e. The zero-order valence-corrected chi connectivity index (χ0v) is 15.8. The van der Waals surface area contributed by atoms with Crippen LogP contribution in [-0.4, -0.2) is 47.8 Å². The highest BCUT2D eigenvalue weighted by molar-refractivity contribution is 5.76. The van der Waals surface area contributed by atoms with Crippen LogP contribution in [0.5, 0.6) is 0 Å². The van der Waals surface area contributed by atoms with Crippen LogP contribution in [0, 0.1) is 17.3 Å². The molecule has 2 aliphatic carbocycles. The molecule has 5 atom stereocenters. The second-order valence-electron chi connectivity index (χ2n) is 9.15. The van der Waals surface area contributed by atoms with E-state index in [4.69, 9.17) is 4.74 Å². The summed E-state index contributed by atoms with van der Waals surface area (Å²) in [4.78, 5) is 15.0. The molecule has 0 aromatic carbocycles. The van der Waals surface area contributed by atoms with E-state index in [1.165, 1.54) is 32.1 Å². The fourth-order valence-corrected chi connectivity index (χ4v) is 6.08. The van der Waals surface area contributed by atoms with Gasteiger partial charge in [0.25, 0.3) is 0 Å². The molecule has 0 radical (unpaired) electrons. The van der Waals surface area contributed by atoms with Crippen molar-refractivity contribution in [2.75, 3.05) is 19.7 Å². The van der Waals surface area contributed by atoms with E-state index in [1.54, 1.807) is 11.1 Å². The maximum Gasteiger partial charge on any atom is 0.310 e. The average molecular weight is 347 g/mol. The molecule has 3 fully saturated rings. The predicted octanol–water partition coefficient (Wildman–Crippen LogP) is 3.29. The van der Waals surface area contributed by atoms with Gasteiger partial charge in [-0.2, -0.15) is 0 Å². The summed E-state index contributed by atoms with van der Waals surface area (Å²) in [6, 6.07) is 0.227. The summed E-state index contributed by atoms with van der Waals surface area (Å²) in [6.07, 6.45) is 9.31. The first kappa shape index (κ1) is 17.5. The van der Waals surface area contributed by atoms with Crippen LogP contribution in [-0.2, 0) is 9.53 Å². The van der Waals surface area contributed by atoms with Gasteiger partial charge in [-0.05, 0) is 63.8 Å². The van der Waals surface area contributed by atoms with Gasteiger partial charge in [0.1, 0.15) is 6.10 Å². The average Bonchev–Trinajstić information content (AvgIpc) is 2.88. The molecule has 0 aromatic rings. The van der Waals surface area contributed by atoms with Crippen LogP contribution in [0.25, 0.3) is 0 Å². The number of aliphatic hydroxyl groups is 1. The van der Waals surface area contributed by atoms with E-state index in [9.17, 15) is 9.90 Å². The molecule has 5 unspecified atom stereocenters. The number of allylic oxidation sites excluding steroid dienone is 2. The van der Waals surface area contributed by atoms with Crippen LogP contribution in [0.4, 0.5) is 0 Å². The van der Waals surface area contributed by atoms with E-state index in [0.717, 1.165) is 32.4 Å². The molecule has 2 heterocycles. The number of esters is 1. The third-order valence-corrected chi connectivity index (χ3v) is 7.57. The summed E-state index contributed by atoms with van der Waals surface area (Å²) >= 11 is 0. The number of fused-ring (bicyclic) bond motifs is 2. The van der Waals surface area contributed by atoms with Crippen LogP contribution in [0.3, 0.4) is 0 Å². The molecule has 0 amide bonds. The number of aliphatic hydroxyl groups excluding tert-OH is 1. The number of likely N-dealkylation sites (tertiary alicyclic amines) is 1. The Kier molecular flexibility index (Phi) is 4.70. The second kappa shape index (κ2) is 6.70. The Morgan fingerprint density at radius 1 is 1.32 bits per heavy atom. The van der Waals surface area contributed by atoms with Crippen LogP contribution in [0.2, 0.25) is 0 Å². The van der Waals surface area contributed by atoms with Crippen LogP contribution in [0.1, 0.15) is 65.2 Å². The first-order valence-corrected chi connectivity index (χ1v) is 10.3. The van der Waals surface area contributed by atoms with Gasteiger partial charge in [-0.25, -0.2) is 0 Å². The van der Waals surface area contributed by atoms with Gasteiger partial charge in [-0.15, -0.1) is 0 Å². The molecule has 2 aliphatic heterocycles. The monoisotopic (exact) mass is 347 g/mol. The Morgan fingerprint density at radius 2 is 2.16 bits per heavy atom. The minimum atomic E-state index is -0.0103. The molecule has 4 nitrogen and oxygen atoms in total. The maximum absolute atomic E-state index is 12.7. The van der Waals surface area contributed by atoms with Gasteiger partial charge >= 0.3 is 5.97 Å². The summed E-state index contributed by atoms with van der Waals surface area (Å²) < 4.78 is 5.89. The van der Waals surface area contributed by atoms with Gasteiger partial charge < -0.3 is 9.84 Å². The van der Waals surface area contributed by atoms with E-state index in [-0.39, 0.29) is 36.1 Å². The van der Waals surface area contributed by atoms with E-state index >= 15 is 0 Å². The summed E-state index contributed by atoms with van der Waals surface area (Å²) in [7, 11) is 0. The van der Waals surface area contributed by atoms with Gasteiger partial charge in [0.2, 0.25) is 0 Å². The third kappa shape index (κ3) is 3.06. The molecule has 1 saturated carbocycles. The van der Waals surface area contributed by atoms with Crippen molar-refractivity contribution in [3.05, 3.63) is 11.1 Å². The number of piperidine rings is 1. The van der Waals surface area contributed by atoms with Crippen molar-refractivity contribution in [1.29, 1.82) is 0 Å². The van der Waals surface area contributed by atoms with Crippen LogP contribution in [0.15, 0.2) is 11.1 Å². The first-order chi connectivity index (χ1) is 12.0. The van der Waals surface area contributed by atoms with Gasteiger partial charge in [0.05, 0.1) is 12.5 Å². The van der Waals surface area contributed by atoms with Gasteiger partial charge in [-0.3, -0.25) is 9.69 Å². The van der Waals surface area contributed by atoms with Crippen molar-refractivity contribution >= 4 is 5.97 Å². The molecule has 4 aliphatic rings. The minimum absolute atomic E-state index is 0.0103. The topological polar surface area (TPSA) is 49.8 Å². The maximum atomic E-state index is 12.7. The number of carbonyl (C=O) groups is 1. The lowest BCUT2D eigenvalue weighted by Gasteiger charge is -2.46. The number of carbonyl (C=O) groups excluding carboxylic acids is 1. The largest absolute Gasteiger partial charge is 0.462 e. The number of nitrogens with zero attached hydrogens (tertiary/aromatic N) is 1. The molecule has 4 heteroatoms. The summed E-state index contributed by atoms with van der Waals surface area (Å²) in [5.74, 6) is 0.339. The summed E-state index contributed by atoms with van der Waals surface area (Å²) in [6.45, 7) is 6.67. The van der Waals surface area contributed by atoms with Crippen molar-refractivity contribution in [3.63, 3.8) is 0 Å². The van der Waals surface area contributed by atoms with Crippen LogP contribution >= 0.6 is 0 Å². The van der Waals surface area contributed by atoms with Crippen molar-refractivity contribution in [1.82, 2.24) is 4.90 Å². The second-order valence-corrected chi connectivity index (χ2v) is 9.15. The lowest BCUT2D eigenvalue weighted by atomic mass is 9.59. The molecule has 0 spiro atoms. The number of hydrogen-bond acceptors (Lipinski definition) is 4. The molecule has 1 N–H and O–H groups in total. The zero-order valence-electron chi connectivity index (χ0n) is 15.8.